The molecule has 1 heteroatoms. The van der Waals surface area contributed by atoms with Crippen molar-refractivity contribution in [3.63, 3.8) is 0 Å². The van der Waals surface area contributed by atoms with E-state index >= 15 is 0 Å². The Kier molecular flexibility index (Phi) is 8.79. The predicted octanol–water partition coefficient (Wildman–Crippen LogP) is 5.51. The average molecular weight is 226 g/mol. The van der Waals surface area contributed by atoms with Crippen LogP contribution >= 0.6 is 11.3 Å². The minimum absolute atomic E-state index is 1.29. The summed E-state index contributed by atoms with van der Waals surface area (Å²) < 4.78 is 0. The van der Waals surface area contributed by atoms with Gasteiger partial charge in [0.05, 0.1) is 0 Å². The van der Waals surface area contributed by atoms with Gasteiger partial charge in [-0.3, -0.25) is 0 Å². The molecule has 0 saturated heterocycles. The van der Waals surface area contributed by atoms with E-state index in [1.54, 1.807) is 5.56 Å². The molecular weight excluding hydrogens is 200 g/mol. The van der Waals surface area contributed by atoms with Crippen LogP contribution in [0.2, 0.25) is 0 Å². The van der Waals surface area contributed by atoms with Gasteiger partial charge in [-0.2, -0.15) is 0 Å². The van der Waals surface area contributed by atoms with Crippen molar-refractivity contribution in [2.75, 3.05) is 0 Å². The fourth-order valence-corrected chi connectivity index (χ4v) is 2.65. The molecular formula is C14H26S. The van der Waals surface area contributed by atoms with E-state index < -0.39 is 0 Å². The van der Waals surface area contributed by atoms with Gasteiger partial charge < -0.3 is 0 Å². The third-order valence-corrected chi connectivity index (χ3v) is 3.45. The molecule has 0 aliphatic heterocycles. The zero-order valence-corrected chi connectivity index (χ0v) is 11.8. The van der Waals surface area contributed by atoms with Crippen LogP contribution in [-0.4, -0.2) is 0 Å². The van der Waals surface area contributed by atoms with Crippen LogP contribution < -0.4 is 0 Å². The van der Waals surface area contributed by atoms with Crippen molar-refractivity contribution in [2.45, 2.75) is 66.7 Å². The summed E-state index contributed by atoms with van der Waals surface area (Å²) in [5.74, 6) is 0. The van der Waals surface area contributed by atoms with Crippen molar-refractivity contribution in [2.24, 2.45) is 0 Å². The van der Waals surface area contributed by atoms with E-state index in [2.05, 4.69) is 26.8 Å². The Balaban J connectivity index is 0.000000921. The maximum Gasteiger partial charge on any atom is 0.00490 e. The van der Waals surface area contributed by atoms with Gasteiger partial charge in [0.15, 0.2) is 0 Å². The van der Waals surface area contributed by atoms with Crippen molar-refractivity contribution in [1.82, 2.24) is 0 Å². The maximum absolute atomic E-state index is 2.35. The molecule has 1 aromatic rings. The molecule has 0 bridgehead atoms. The molecule has 0 amide bonds. The van der Waals surface area contributed by atoms with E-state index in [1.165, 1.54) is 41.9 Å². The number of hydrogen-bond acceptors (Lipinski definition) is 1. The van der Waals surface area contributed by atoms with Crippen LogP contribution in [-0.2, 0) is 6.42 Å². The first-order chi connectivity index (χ1) is 7.24. The van der Waals surface area contributed by atoms with Gasteiger partial charge in [0.1, 0.15) is 0 Å². The van der Waals surface area contributed by atoms with Gasteiger partial charge in [-0.1, -0.05) is 40.0 Å². The molecule has 0 saturated carbocycles. The van der Waals surface area contributed by atoms with Crippen LogP contribution in [0.1, 0.15) is 61.8 Å². The van der Waals surface area contributed by atoms with Crippen LogP contribution in [0.15, 0.2) is 6.07 Å². The molecule has 15 heavy (non-hydrogen) atoms. The van der Waals surface area contributed by atoms with Crippen molar-refractivity contribution in [1.29, 1.82) is 0 Å². The standard InChI is InChI=1S/C12H20S.C2H6/c1-4-5-6-7-8-12-9-10(2)13-11(12)3;1-2/h9H,4-8H2,1-3H3;1-2H3. The second kappa shape index (κ2) is 8.96. The number of hydrogen-bond donors (Lipinski definition) is 0. The SMILES string of the molecule is CC.CCCCCCc1cc(C)sc1C. The predicted molar refractivity (Wildman–Crippen MR) is 73.0 cm³/mol. The molecule has 0 aromatic carbocycles. The average Bonchev–Trinajstić information content (AvgIpc) is 2.55. The van der Waals surface area contributed by atoms with Gasteiger partial charge >= 0.3 is 0 Å². The van der Waals surface area contributed by atoms with E-state index in [-0.39, 0.29) is 0 Å². The van der Waals surface area contributed by atoms with Crippen LogP contribution in [0.5, 0.6) is 0 Å². The van der Waals surface area contributed by atoms with Crippen molar-refractivity contribution >= 4 is 11.3 Å². The minimum atomic E-state index is 1.29. The monoisotopic (exact) mass is 226 g/mol. The Morgan fingerprint density at radius 1 is 1.07 bits per heavy atom. The topological polar surface area (TPSA) is 0 Å². The smallest absolute Gasteiger partial charge is 0.00490 e. The molecule has 0 N–H and O–H groups in total. The largest absolute Gasteiger partial charge is 0.146 e. The van der Waals surface area contributed by atoms with Crippen LogP contribution in [0, 0.1) is 13.8 Å². The summed E-state index contributed by atoms with van der Waals surface area (Å²) in [7, 11) is 0. The van der Waals surface area contributed by atoms with Crippen LogP contribution in [0.4, 0.5) is 0 Å². The minimum Gasteiger partial charge on any atom is -0.146 e. The summed E-state index contributed by atoms with van der Waals surface area (Å²) >= 11 is 1.93. The van der Waals surface area contributed by atoms with Gasteiger partial charge in [-0.05, 0) is 38.3 Å². The molecule has 0 fully saturated rings. The second-order valence-corrected chi connectivity index (χ2v) is 5.21. The lowest BCUT2D eigenvalue weighted by molar-refractivity contribution is 0.666. The number of rotatable bonds is 5. The molecule has 1 aromatic heterocycles. The lowest BCUT2D eigenvalue weighted by atomic mass is 10.1. The number of unbranched alkanes of at least 4 members (excludes halogenated alkanes) is 3. The van der Waals surface area contributed by atoms with Gasteiger partial charge in [0, 0.05) is 9.75 Å². The van der Waals surface area contributed by atoms with Crippen molar-refractivity contribution < 1.29 is 0 Å². The third-order valence-electron chi connectivity index (χ3n) is 2.44. The normalized spacial score (nSPS) is 9.67. The molecule has 0 aliphatic rings. The van der Waals surface area contributed by atoms with Gasteiger partial charge in [-0.25, -0.2) is 0 Å². The Morgan fingerprint density at radius 2 is 1.73 bits per heavy atom. The van der Waals surface area contributed by atoms with E-state index in [9.17, 15) is 0 Å². The Hall–Kier alpha value is -0.300. The van der Waals surface area contributed by atoms with E-state index in [0.717, 1.165) is 0 Å². The highest BCUT2D eigenvalue weighted by molar-refractivity contribution is 7.12. The van der Waals surface area contributed by atoms with Crippen LogP contribution in [0.3, 0.4) is 0 Å². The zero-order valence-electron chi connectivity index (χ0n) is 11.0. The summed E-state index contributed by atoms with van der Waals surface area (Å²) in [5, 5.41) is 0. The second-order valence-electron chi connectivity index (χ2n) is 3.75. The Morgan fingerprint density at radius 3 is 2.20 bits per heavy atom. The summed E-state index contributed by atoms with van der Waals surface area (Å²) in [5.41, 5.74) is 1.58. The first-order valence-corrected chi connectivity index (χ1v) is 7.11. The number of aryl methyl sites for hydroxylation is 3. The maximum atomic E-state index is 2.35. The highest BCUT2D eigenvalue weighted by atomic mass is 32.1. The highest BCUT2D eigenvalue weighted by Crippen LogP contribution is 2.22. The first kappa shape index (κ1) is 14.7. The van der Waals surface area contributed by atoms with E-state index in [1.807, 2.05) is 25.2 Å². The quantitative estimate of drug-likeness (QED) is 0.580. The lowest BCUT2D eigenvalue weighted by Crippen LogP contribution is -1.84. The fraction of sp³-hybridized carbons (Fsp3) is 0.714. The first-order valence-electron chi connectivity index (χ1n) is 6.30. The Labute approximate surface area is 99.7 Å². The lowest BCUT2D eigenvalue weighted by Gasteiger charge is -1.98. The fourth-order valence-electron chi connectivity index (χ4n) is 1.67. The van der Waals surface area contributed by atoms with Gasteiger partial charge in [0.2, 0.25) is 0 Å². The van der Waals surface area contributed by atoms with E-state index in [0.29, 0.717) is 0 Å². The molecule has 1 heterocycles. The Bertz CT molecular complexity index is 248. The molecule has 0 aliphatic carbocycles. The zero-order chi connectivity index (χ0) is 11.7. The molecule has 0 spiro atoms. The molecule has 0 radical (unpaired) electrons. The van der Waals surface area contributed by atoms with E-state index in [4.69, 9.17) is 0 Å². The van der Waals surface area contributed by atoms with Crippen LogP contribution in [0.25, 0.3) is 0 Å². The molecule has 1 rings (SSSR count). The molecule has 88 valence electrons. The molecule has 0 unspecified atom stereocenters. The summed E-state index contributed by atoms with van der Waals surface area (Å²) in [6.07, 6.45) is 6.77. The summed E-state index contributed by atoms with van der Waals surface area (Å²) in [4.78, 5) is 2.98. The summed E-state index contributed by atoms with van der Waals surface area (Å²) in [6.45, 7) is 10.7. The third kappa shape index (κ3) is 5.99. The number of thiophene rings is 1. The van der Waals surface area contributed by atoms with Gasteiger partial charge in [-0.15, -0.1) is 11.3 Å². The summed E-state index contributed by atoms with van der Waals surface area (Å²) in [6, 6.07) is 2.35. The molecule has 0 nitrogen and oxygen atoms in total. The van der Waals surface area contributed by atoms with Gasteiger partial charge in [0.25, 0.3) is 0 Å². The van der Waals surface area contributed by atoms with Crippen molar-refractivity contribution in [3.8, 4) is 0 Å². The van der Waals surface area contributed by atoms with Crippen molar-refractivity contribution in [3.05, 3.63) is 21.4 Å². The molecule has 0 atom stereocenters. The highest BCUT2D eigenvalue weighted by Gasteiger charge is 2.01.